The SMILES string of the molecule is CC1=C(Cl)NC(=NCCc2ccccc2)CN1CC(=O)O. The van der Waals surface area contributed by atoms with E-state index in [9.17, 15) is 4.79 Å². The van der Waals surface area contributed by atoms with Gasteiger partial charge in [0.2, 0.25) is 0 Å². The van der Waals surface area contributed by atoms with E-state index >= 15 is 0 Å². The molecule has 5 nitrogen and oxygen atoms in total. The minimum atomic E-state index is -0.885. The number of aliphatic imine (C=N–C) groups is 1. The Balaban J connectivity index is 1.97. The molecule has 0 aliphatic carbocycles. The van der Waals surface area contributed by atoms with Crippen molar-refractivity contribution in [2.45, 2.75) is 13.3 Å². The van der Waals surface area contributed by atoms with E-state index in [1.807, 2.05) is 18.2 Å². The zero-order valence-corrected chi connectivity index (χ0v) is 12.6. The molecule has 0 spiro atoms. The van der Waals surface area contributed by atoms with E-state index in [1.165, 1.54) is 5.56 Å². The summed E-state index contributed by atoms with van der Waals surface area (Å²) in [5, 5.41) is 12.4. The first-order valence-electron chi connectivity index (χ1n) is 6.73. The number of allylic oxidation sites excluding steroid dienone is 1. The molecule has 21 heavy (non-hydrogen) atoms. The Morgan fingerprint density at radius 2 is 2.14 bits per heavy atom. The maximum atomic E-state index is 10.9. The summed E-state index contributed by atoms with van der Waals surface area (Å²) in [6, 6.07) is 10.1. The minimum Gasteiger partial charge on any atom is -0.480 e. The summed E-state index contributed by atoms with van der Waals surface area (Å²) in [6.07, 6.45) is 0.839. The van der Waals surface area contributed by atoms with Gasteiger partial charge in [-0.1, -0.05) is 41.9 Å². The van der Waals surface area contributed by atoms with Crippen molar-refractivity contribution in [3.8, 4) is 0 Å². The monoisotopic (exact) mass is 307 g/mol. The molecule has 6 heteroatoms. The minimum absolute atomic E-state index is 0.0819. The van der Waals surface area contributed by atoms with Crippen LogP contribution in [0.4, 0.5) is 0 Å². The van der Waals surface area contributed by atoms with Gasteiger partial charge in [0.15, 0.2) is 0 Å². The molecular weight excluding hydrogens is 290 g/mol. The molecule has 0 bridgehead atoms. The van der Waals surface area contributed by atoms with E-state index in [4.69, 9.17) is 16.7 Å². The number of aliphatic carboxylic acids is 1. The lowest BCUT2D eigenvalue weighted by Gasteiger charge is -2.30. The quantitative estimate of drug-likeness (QED) is 0.817. The van der Waals surface area contributed by atoms with E-state index in [-0.39, 0.29) is 6.54 Å². The molecule has 2 rings (SSSR count). The van der Waals surface area contributed by atoms with Crippen LogP contribution >= 0.6 is 11.6 Å². The zero-order chi connectivity index (χ0) is 15.2. The summed E-state index contributed by atoms with van der Waals surface area (Å²) in [5.41, 5.74) is 1.94. The van der Waals surface area contributed by atoms with Gasteiger partial charge in [0.1, 0.15) is 17.5 Å². The van der Waals surface area contributed by atoms with E-state index in [2.05, 4.69) is 22.4 Å². The van der Waals surface area contributed by atoms with Crippen LogP contribution in [0.5, 0.6) is 0 Å². The molecule has 0 atom stereocenters. The highest BCUT2D eigenvalue weighted by atomic mass is 35.5. The number of carboxylic acids is 1. The average molecular weight is 308 g/mol. The first-order chi connectivity index (χ1) is 10.1. The normalized spacial score (nSPS) is 17.0. The van der Waals surface area contributed by atoms with Crippen LogP contribution in [0.1, 0.15) is 12.5 Å². The van der Waals surface area contributed by atoms with Crippen molar-refractivity contribution in [1.29, 1.82) is 0 Å². The lowest BCUT2D eigenvalue weighted by Crippen LogP contribution is -2.44. The van der Waals surface area contributed by atoms with Gasteiger partial charge in [0.25, 0.3) is 0 Å². The third-order valence-corrected chi connectivity index (χ3v) is 3.63. The number of carbonyl (C=O) groups is 1. The number of hydrogen-bond acceptors (Lipinski definition) is 3. The van der Waals surface area contributed by atoms with Crippen LogP contribution in [0.25, 0.3) is 0 Å². The fraction of sp³-hybridized carbons (Fsp3) is 0.333. The van der Waals surface area contributed by atoms with Crippen LogP contribution in [-0.4, -0.2) is 41.4 Å². The number of halogens is 1. The molecule has 1 aliphatic heterocycles. The maximum absolute atomic E-state index is 10.9. The molecule has 0 amide bonds. The van der Waals surface area contributed by atoms with Crippen molar-refractivity contribution in [1.82, 2.24) is 10.2 Å². The highest BCUT2D eigenvalue weighted by Gasteiger charge is 2.21. The van der Waals surface area contributed by atoms with E-state index in [0.717, 1.165) is 12.1 Å². The molecule has 0 saturated heterocycles. The number of benzene rings is 1. The molecule has 0 fully saturated rings. The van der Waals surface area contributed by atoms with Gasteiger partial charge in [-0.2, -0.15) is 0 Å². The Bertz CT molecular complexity index is 570. The van der Waals surface area contributed by atoms with Crippen LogP contribution in [0.15, 0.2) is 46.2 Å². The van der Waals surface area contributed by atoms with Gasteiger partial charge >= 0.3 is 5.97 Å². The predicted molar refractivity (Wildman–Crippen MR) is 83.3 cm³/mol. The number of hydrogen-bond donors (Lipinski definition) is 2. The van der Waals surface area contributed by atoms with Crippen molar-refractivity contribution < 1.29 is 9.90 Å². The van der Waals surface area contributed by atoms with Crippen LogP contribution < -0.4 is 5.32 Å². The third-order valence-electron chi connectivity index (χ3n) is 3.26. The summed E-state index contributed by atoms with van der Waals surface area (Å²) < 4.78 is 0. The van der Waals surface area contributed by atoms with Gasteiger partial charge in [-0.3, -0.25) is 9.79 Å². The fourth-order valence-corrected chi connectivity index (χ4v) is 2.32. The van der Waals surface area contributed by atoms with Gasteiger partial charge in [0, 0.05) is 12.2 Å². The summed E-state index contributed by atoms with van der Waals surface area (Å²) in [5.74, 6) is -0.188. The molecular formula is C15H18ClN3O2. The first kappa shape index (κ1) is 15.4. The molecule has 0 aromatic heterocycles. The van der Waals surface area contributed by atoms with E-state index in [1.54, 1.807) is 11.8 Å². The maximum Gasteiger partial charge on any atom is 0.323 e. The summed E-state index contributed by atoms with van der Waals surface area (Å²) >= 11 is 6.09. The molecule has 1 aliphatic rings. The lowest BCUT2D eigenvalue weighted by atomic mass is 10.1. The number of amidine groups is 1. The Hall–Kier alpha value is -2.01. The topological polar surface area (TPSA) is 64.9 Å². The Morgan fingerprint density at radius 3 is 2.81 bits per heavy atom. The number of nitrogens with one attached hydrogen (secondary N) is 1. The van der Waals surface area contributed by atoms with Crippen LogP contribution in [-0.2, 0) is 11.2 Å². The van der Waals surface area contributed by atoms with Crippen molar-refractivity contribution in [2.75, 3.05) is 19.6 Å². The molecule has 2 N–H and O–H groups in total. The molecule has 0 radical (unpaired) electrons. The predicted octanol–water partition coefficient (Wildman–Crippen LogP) is 2.05. The number of rotatable bonds is 5. The van der Waals surface area contributed by atoms with Crippen LogP contribution in [0.3, 0.4) is 0 Å². The zero-order valence-electron chi connectivity index (χ0n) is 11.8. The van der Waals surface area contributed by atoms with Gasteiger partial charge in [0.05, 0.1) is 6.54 Å². The van der Waals surface area contributed by atoms with Crippen molar-refractivity contribution in [3.05, 3.63) is 46.7 Å². The van der Waals surface area contributed by atoms with Crippen LogP contribution in [0, 0.1) is 0 Å². The number of carboxylic acid groups (broad SMARTS) is 1. The highest BCUT2D eigenvalue weighted by molar-refractivity contribution is 6.31. The Morgan fingerprint density at radius 1 is 1.43 bits per heavy atom. The second-order valence-electron chi connectivity index (χ2n) is 4.84. The largest absolute Gasteiger partial charge is 0.480 e. The van der Waals surface area contributed by atoms with Crippen molar-refractivity contribution in [2.24, 2.45) is 4.99 Å². The number of nitrogens with zero attached hydrogens (tertiary/aromatic N) is 2. The smallest absolute Gasteiger partial charge is 0.323 e. The van der Waals surface area contributed by atoms with Gasteiger partial charge in [-0.25, -0.2) is 0 Å². The lowest BCUT2D eigenvalue weighted by molar-refractivity contribution is -0.137. The fourth-order valence-electron chi connectivity index (χ4n) is 2.09. The van der Waals surface area contributed by atoms with Crippen LogP contribution in [0.2, 0.25) is 0 Å². The van der Waals surface area contributed by atoms with E-state index in [0.29, 0.717) is 24.1 Å². The molecule has 0 unspecified atom stereocenters. The Labute approximate surface area is 128 Å². The standard InChI is InChI=1S/C15H18ClN3O2/c1-11-15(16)18-13(9-19(11)10-14(20)21)17-8-7-12-5-3-2-4-6-12/h2-6H,7-10H2,1H3,(H,17,18)(H,20,21). The highest BCUT2D eigenvalue weighted by Crippen LogP contribution is 2.16. The van der Waals surface area contributed by atoms with Gasteiger partial charge in [-0.15, -0.1) is 0 Å². The average Bonchev–Trinajstić information content (AvgIpc) is 2.45. The molecule has 112 valence electrons. The molecule has 0 saturated carbocycles. The third kappa shape index (κ3) is 4.49. The summed E-state index contributed by atoms with van der Waals surface area (Å²) in [4.78, 5) is 17.0. The van der Waals surface area contributed by atoms with Crippen molar-refractivity contribution >= 4 is 23.4 Å². The van der Waals surface area contributed by atoms with Crippen molar-refractivity contribution in [3.63, 3.8) is 0 Å². The first-order valence-corrected chi connectivity index (χ1v) is 7.11. The summed E-state index contributed by atoms with van der Waals surface area (Å²) in [6.45, 7) is 2.78. The van der Waals surface area contributed by atoms with Gasteiger partial charge in [-0.05, 0) is 18.9 Å². The molecule has 1 aromatic rings. The van der Waals surface area contributed by atoms with E-state index < -0.39 is 5.97 Å². The Kier molecular flexibility index (Phi) is 5.22. The second-order valence-corrected chi connectivity index (χ2v) is 5.22. The second kappa shape index (κ2) is 7.13. The molecule has 1 heterocycles. The van der Waals surface area contributed by atoms with Gasteiger partial charge < -0.3 is 15.3 Å². The summed E-state index contributed by atoms with van der Waals surface area (Å²) in [7, 11) is 0. The molecule has 1 aromatic carbocycles.